The van der Waals surface area contributed by atoms with Crippen molar-refractivity contribution in [1.29, 1.82) is 0 Å². The van der Waals surface area contributed by atoms with Gasteiger partial charge in [0.1, 0.15) is 5.75 Å². The molecule has 84 valence electrons. The minimum absolute atomic E-state index is 0.208. The quantitative estimate of drug-likeness (QED) is 0.781. The molecule has 0 aliphatic carbocycles. The van der Waals surface area contributed by atoms with Crippen molar-refractivity contribution in [2.75, 3.05) is 6.61 Å². The van der Waals surface area contributed by atoms with E-state index in [1.807, 2.05) is 26.1 Å². The molecule has 1 aromatic rings. The first-order chi connectivity index (χ1) is 7.26. The predicted molar refractivity (Wildman–Crippen MR) is 60.0 cm³/mol. The Morgan fingerprint density at radius 2 is 2.20 bits per heavy atom. The molecular formula is C12H19NO2. The maximum atomic E-state index is 9.44. The van der Waals surface area contributed by atoms with Crippen LogP contribution in [0, 0.1) is 0 Å². The van der Waals surface area contributed by atoms with Gasteiger partial charge in [-0.15, -0.1) is 0 Å². The maximum absolute atomic E-state index is 9.44. The average Bonchev–Trinajstić information content (AvgIpc) is 2.27. The fourth-order valence-electron chi connectivity index (χ4n) is 1.38. The molecule has 3 heteroatoms. The van der Waals surface area contributed by atoms with Crippen molar-refractivity contribution >= 4 is 0 Å². The summed E-state index contributed by atoms with van der Waals surface area (Å²) < 4.78 is 5.35. The van der Waals surface area contributed by atoms with E-state index in [0.29, 0.717) is 6.61 Å². The van der Waals surface area contributed by atoms with Crippen LogP contribution >= 0.6 is 0 Å². The van der Waals surface area contributed by atoms with Crippen LogP contribution in [-0.4, -0.2) is 22.8 Å². The molecule has 3 nitrogen and oxygen atoms in total. The Kier molecular flexibility index (Phi) is 5.12. The zero-order valence-electron chi connectivity index (χ0n) is 9.44. The maximum Gasteiger partial charge on any atom is 0.137 e. The topological polar surface area (TPSA) is 42.4 Å². The zero-order valence-corrected chi connectivity index (χ0v) is 9.44. The van der Waals surface area contributed by atoms with E-state index in [2.05, 4.69) is 4.98 Å². The van der Waals surface area contributed by atoms with Crippen molar-refractivity contribution in [3.05, 3.63) is 24.0 Å². The highest BCUT2D eigenvalue weighted by molar-refractivity contribution is 5.23. The van der Waals surface area contributed by atoms with Crippen LogP contribution in [0.3, 0.4) is 0 Å². The van der Waals surface area contributed by atoms with E-state index in [4.69, 9.17) is 4.74 Å². The molecular weight excluding hydrogens is 190 g/mol. The molecule has 15 heavy (non-hydrogen) atoms. The first kappa shape index (κ1) is 12.0. The lowest BCUT2D eigenvalue weighted by atomic mass is 10.1. The first-order valence-electron chi connectivity index (χ1n) is 5.51. The van der Waals surface area contributed by atoms with Gasteiger partial charge in [0.15, 0.2) is 0 Å². The van der Waals surface area contributed by atoms with E-state index >= 15 is 0 Å². The van der Waals surface area contributed by atoms with Crippen LogP contribution in [0.15, 0.2) is 18.5 Å². The van der Waals surface area contributed by atoms with Crippen molar-refractivity contribution in [2.45, 2.75) is 39.2 Å². The Morgan fingerprint density at radius 3 is 2.87 bits per heavy atom. The predicted octanol–water partition coefficient (Wildman–Crippen LogP) is 2.18. The molecule has 0 aliphatic heterocycles. The van der Waals surface area contributed by atoms with E-state index in [9.17, 15) is 5.11 Å². The van der Waals surface area contributed by atoms with Gasteiger partial charge in [-0.2, -0.15) is 0 Å². The number of pyridine rings is 1. The van der Waals surface area contributed by atoms with Crippen LogP contribution in [0.4, 0.5) is 0 Å². The Morgan fingerprint density at radius 1 is 1.40 bits per heavy atom. The van der Waals surface area contributed by atoms with Gasteiger partial charge in [0, 0.05) is 6.20 Å². The minimum atomic E-state index is -0.208. The Balaban J connectivity index is 2.50. The van der Waals surface area contributed by atoms with E-state index in [1.54, 1.807) is 6.20 Å². The smallest absolute Gasteiger partial charge is 0.137 e. The van der Waals surface area contributed by atoms with Gasteiger partial charge in [-0.25, -0.2) is 0 Å². The Hall–Kier alpha value is -1.09. The fourth-order valence-corrected chi connectivity index (χ4v) is 1.38. The van der Waals surface area contributed by atoms with Crippen LogP contribution in [-0.2, 0) is 6.42 Å². The summed E-state index contributed by atoms with van der Waals surface area (Å²) in [7, 11) is 0. The number of aliphatic hydroxyl groups excluding tert-OH is 1. The monoisotopic (exact) mass is 209 g/mol. The second-order valence-corrected chi connectivity index (χ2v) is 3.56. The van der Waals surface area contributed by atoms with Gasteiger partial charge in [0.2, 0.25) is 0 Å². The highest BCUT2D eigenvalue weighted by Crippen LogP contribution is 2.13. The van der Waals surface area contributed by atoms with E-state index in [-0.39, 0.29) is 6.10 Å². The summed E-state index contributed by atoms with van der Waals surface area (Å²) in [5.74, 6) is 0.806. The lowest BCUT2D eigenvalue weighted by Gasteiger charge is -2.08. The third-order valence-corrected chi connectivity index (χ3v) is 2.32. The van der Waals surface area contributed by atoms with Crippen molar-refractivity contribution in [3.8, 4) is 5.75 Å². The van der Waals surface area contributed by atoms with Crippen LogP contribution in [0.5, 0.6) is 5.75 Å². The molecule has 0 saturated carbocycles. The van der Waals surface area contributed by atoms with E-state index in [0.717, 1.165) is 30.6 Å². The van der Waals surface area contributed by atoms with E-state index in [1.165, 1.54) is 0 Å². The molecule has 0 fully saturated rings. The molecule has 1 rings (SSSR count). The summed E-state index contributed by atoms with van der Waals surface area (Å²) in [5.41, 5.74) is 1.12. The Labute approximate surface area is 91.1 Å². The summed E-state index contributed by atoms with van der Waals surface area (Å²) in [5, 5.41) is 9.44. The number of hydrogen-bond donors (Lipinski definition) is 1. The largest absolute Gasteiger partial charge is 0.492 e. The van der Waals surface area contributed by atoms with Crippen molar-refractivity contribution in [2.24, 2.45) is 0 Å². The average molecular weight is 209 g/mol. The molecule has 1 atom stereocenters. The van der Waals surface area contributed by atoms with Crippen molar-refractivity contribution in [1.82, 2.24) is 4.98 Å². The van der Waals surface area contributed by atoms with Gasteiger partial charge in [-0.05, 0) is 37.8 Å². The second kappa shape index (κ2) is 6.40. The van der Waals surface area contributed by atoms with Crippen LogP contribution in [0.2, 0.25) is 0 Å². The molecule has 0 radical (unpaired) electrons. The molecule has 0 aliphatic rings. The Bertz CT molecular complexity index is 289. The van der Waals surface area contributed by atoms with Crippen LogP contribution in [0.25, 0.3) is 0 Å². The van der Waals surface area contributed by atoms with E-state index < -0.39 is 0 Å². The number of ether oxygens (including phenoxy) is 1. The third kappa shape index (κ3) is 4.30. The third-order valence-electron chi connectivity index (χ3n) is 2.32. The molecule has 0 aromatic carbocycles. The van der Waals surface area contributed by atoms with Gasteiger partial charge >= 0.3 is 0 Å². The minimum Gasteiger partial charge on any atom is -0.492 e. The molecule has 1 aromatic heterocycles. The lowest BCUT2D eigenvalue weighted by molar-refractivity contribution is 0.160. The van der Waals surface area contributed by atoms with Crippen LogP contribution < -0.4 is 4.74 Å². The van der Waals surface area contributed by atoms with Crippen molar-refractivity contribution < 1.29 is 9.84 Å². The zero-order chi connectivity index (χ0) is 11.1. The first-order valence-corrected chi connectivity index (χ1v) is 5.51. The number of nitrogens with zero attached hydrogens (tertiary/aromatic N) is 1. The van der Waals surface area contributed by atoms with Gasteiger partial charge in [0.05, 0.1) is 18.9 Å². The number of rotatable bonds is 6. The van der Waals surface area contributed by atoms with Crippen molar-refractivity contribution in [3.63, 3.8) is 0 Å². The van der Waals surface area contributed by atoms with Gasteiger partial charge in [0.25, 0.3) is 0 Å². The number of aliphatic hydroxyl groups is 1. The summed E-state index contributed by atoms with van der Waals surface area (Å²) in [6.07, 6.45) is 5.77. The molecule has 1 N–H and O–H groups in total. The van der Waals surface area contributed by atoms with Gasteiger partial charge in [-0.1, -0.05) is 6.92 Å². The normalized spacial score (nSPS) is 12.5. The fraction of sp³-hybridized carbons (Fsp3) is 0.583. The molecule has 0 bridgehead atoms. The summed E-state index contributed by atoms with van der Waals surface area (Å²) in [4.78, 5) is 4.10. The standard InChI is InChI=1S/C12H19NO2/c1-3-11(14)6-5-10-7-12(15-4-2)9-13-8-10/h7-9,11,14H,3-6H2,1-2H3. The molecule has 1 heterocycles. The van der Waals surface area contributed by atoms with Gasteiger partial charge in [-0.3, -0.25) is 4.98 Å². The lowest BCUT2D eigenvalue weighted by Crippen LogP contribution is -2.06. The number of aryl methyl sites for hydroxylation is 1. The van der Waals surface area contributed by atoms with Crippen LogP contribution in [0.1, 0.15) is 32.3 Å². The summed E-state index contributed by atoms with van der Waals surface area (Å²) in [6.45, 7) is 4.59. The molecule has 0 amide bonds. The highest BCUT2D eigenvalue weighted by Gasteiger charge is 2.02. The molecule has 1 unspecified atom stereocenters. The van der Waals surface area contributed by atoms with Gasteiger partial charge < -0.3 is 9.84 Å². The molecule has 0 saturated heterocycles. The summed E-state index contributed by atoms with van der Waals surface area (Å²) >= 11 is 0. The second-order valence-electron chi connectivity index (χ2n) is 3.56. The SMILES string of the molecule is CCOc1cncc(CCC(O)CC)c1. The number of hydrogen-bond acceptors (Lipinski definition) is 3. The number of aromatic nitrogens is 1. The highest BCUT2D eigenvalue weighted by atomic mass is 16.5. The summed E-state index contributed by atoms with van der Waals surface area (Å²) in [6, 6.07) is 1.98. The molecule has 0 spiro atoms.